The molecule has 4 heteroatoms. The molecule has 0 bridgehead atoms. The van der Waals surface area contributed by atoms with Gasteiger partial charge in [0.1, 0.15) is 17.2 Å². The Morgan fingerprint density at radius 1 is 0.680 bits per heavy atom. The lowest BCUT2D eigenvalue weighted by Crippen LogP contribution is -2.44. The van der Waals surface area contributed by atoms with Gasteiger partial charge < -0.3 is 14.2 Å². The van der Waals surface area contributed by atoms with Gasteiger partial charge in [0.05, 0.1) is 21.3 Å². The molecule has 0 radical (unpaired) electrons. The van der Waals surface area contributed by atoms with E-state index in [0.717, 1.165) is 68.0 Å². The third kappa shape index (κ3) is 6.33. The molecule has 0 saturated carbocycles. The van der Waals surface area contributed by atoms with E-state index >= 15 is 0 Å². The summed E-state index contributed by atoms with van der Waals surface area (Å²) in [5.74, 6) is 4.09. The van der Waals surface area contributed by atoms with Crippen molar-refractivity contribution in [2.24, 2.45) is 5.41 Å². The SMILES string of the molecule is COc1ccc(/C=C2\CCCC3=C2CC(c2ccc(OC)cc2)C2(CCCC(C=C4C=CC(=[O+]C)C=C4)=C2C)C3c2ccc(OC)cc2)cc1. The molecule has 0 heterocycles. The van der Waals surface area contributed by atoms with Gasteiger partial charge in [-0.25, -0.2) is 0 Å². The van der Waals surface area contributed by atoms with Gasteiger partial charge >= 0.3 is 5.78 Å². The van der Waals surface area contributed by atoms with Crippen LogP contribution in [0.4, 0.5) is 0 Å². The first-order valence-corrected chi connectivity index (χ1v) is 18.0. The van der Waals surface area contributed by atoms with Crippen molar-refractivity contribution in [2.45, 2.75) is 63.7 Å². The lowest BCUT2D eigenvalue weighted by molar-refractivity contribution is -0.417. The first-order chi connectivity index (χ1) is 24.5. The van der Waals surface area contributed by atoms with E-state index in [0.29, 0.717) is 0 Å². The smallest absolute Gasteiger partial charge is 0.343 e. The Bertz CT molecular complexity index is 1910. The highest BCUT2D eigenvalue weighted by molar-refractivity contribution is 6.01. The van der Waals surface area contributed by atoms with Crippen LogP contribution in [-0.4, -0.2) is 34.2 Å². The zero-order valence-electron chi connectivity index (χ0n) is 30.1. The molecular formula is C46H49O4+. The topological polar surface area (TPSA) is 39.0 Å². The molecule has 7 rings (SSSR count). The number of hydrogen-bond acceptors (Lipinski definition) is 3. The Balaban J connectivity index is 1.46. The standard InChI is InChI=1S/C46H49O4/c1-31-36(28-32-11-19-38(47-2)20-12-32)9-7-27-46(31)44(34-15-23-40(49-4)24-16-34)30-43-37(29-33-13-21-39(48-3)22-14-33)8-6-10-42(43)45(46)35-17-25-41(50-5)26-18-35/h11-26,28-29,44-45H,6-10,27,30H2,1-5H3/q+1/b37-29+. The van der Waals surface area contributed by atoms with Crippen LogP contribution in [0.15, 0.2) is 137 Å². The number of rotatable bonds is 7. The van der Waals surface area contributed by atoms with Crippen molar-refractivity contribution in [3.8, 4) is 17.2 Å². The van der Waals surface area contributed by atoms with Crippen LogP contribution in [0.25, 0.3) is 6.08 Å². The Hall–Kier alpha value is -4.83. The third-order valence-electron chi connectivity index (χ3n) is 11.7. The fourth-order valence-corrected chi connectivity index (χ4v) is 9.19. The number of methoxy groups -OCH3 is 3. The molecular weight excluding hydrogens is 617 g/mol. The summed E-state index contributed by atoms with van der Waals surface area (Å²) in [6.45, 7) is 2.45. The summed E-state index contributed by atoms with van der Waals surface area (Å²) in [6.07, 6.45) is 21.1. The molecule has 0 N–H and O–H groups in total. The maximum Gasteiger partial charge on any atom is 0.343 e. The van der Waals surface area contributed by atoms with Gasteiger partial charge in [-0.3, -0.25) is 4.42 Å². The van der Waals surface area contributed by atoms with Gasteiger partial charge in [-0.05, 0) is 145 Å². The van der Waals surface area contributed by atoms with Crippen molar-refractivity contribution in [3.63, 3.8) is 0 Å². The first kappa shape index (κ1) is 33.7. The zero-order chi connectivity index (χ0) is 34.7. The van der Waals surface area contributed by atoms with E-state index in [2.05, 4.69) is 116 Å². The molecule has 0 aromatic heterocycles. The molecule has 50 heavy (non-hydrogen) atoms. The van der Waals surface area contributed by atoms with Gasteiger partial charge in [0.25, 0.3) is 7.11 Å². The van der Waals surface area contributed by atoms with Crippen LogP contribution >= 0.6 is 0 Å². The summed E-state index contributed by atoms with van der Waals surface area (Å²) >= 11 is 0. The van der Waals surface area contributed by atoms with Crippen molar-refractivity contribution >= 4 is 11.9 Å². The quantitative estimate of drug-likeness (QED) is 0.236. The predicted molar refractivity (Wildman–Crippen MR) is 204 cm³/mol. The number of ketones is 1. The molecule has 3 unspecified atom stereocenters. The highest BCUT2D eigenvalue weighted by Gasteiger charge is 2.54. The third-order valence-corrected chi connectivity index (χ3v) is 11.7. The molecule has 3 aromatic rings. The molecule has 0 aliphatic heterocycles. The maximum atomic E-state index is 5.67. The highest BCUT2D eigenvalue weighted by Crippen LogP contribution is 2.67. The van der Waals surface area contributed by atoms with Crippen LogP contribution in [0, 0.1) is 5.41 Å². The zero-order valence-corrected chi connectivity index (χ0v) is 30.1. The Morgan fingerprint density at radius 2 is 1.28 bits per heavy atom. The predicted octanol–water partition coefficient (Wildman–Crippen LogP) is 10.8. The summed E-state index contributed by atoms with van der Waals surface area (Å²) in [4.78, 5) is 0. The van der Waals surface area contributed by atoms with Gasteiger partial charge in [0.2, 0.25) is 0 Å². The Morgan fingerprint density at radius 3 is 1.88 bits per heavy atom. The van der Waals surface area contributed by atoms with E-state index in [4.69, 9.17) is 18.6 Å². The molecule has 4 aliphatic carbocycles. The van der Waals surface area contributed by atoms with Crippen LogP contribution in [0.5, 0.6) is 17.2 Å². The summed E-state index contributed by atoms with van der Waals surface area (Å²) in [7, 11) is 6.96. The lowest BCUT2D eigenvalue weighted by atomic mass is 9.47. The molecule has 0 saturated heterocycles. The normalized spacial score (nSPS) is 24.1. The monoisotopic (exact) mass is 665 g/mol. The van der Waals surface area contributed by atoms with Gasteiger partial charge in [0, 0.05) is 23.5 Å². The van der Waals surface area contributed by atoms with Crippen molar-refractivity contribution in [3.05, 3.63) is 153 Å². The Labute approximate surface area is 297 Å². The molecule has 1 spiro atoms. The second-order valence-electron chi connectivity index (χ2n) is 14.0. The van der Waals surface area contributed by atoms with Crippen molar-refractivity contribution in [2.75, 3.05) is 28.4 Å². The van der Waals surface area contributed by atoms with Crippen LogP contribution in [0.2, 0.25) is 0 Å². The number of ether oxygens (including phenoxy) is 3. The largest absolute Gasteiger partial charge is 0.497 e. The molecule has 0 amide bonds. The summed E-state index contributed by atoms with van der Waals surface area (Å²) < 4.78 is 22.3. The molecule has 3 aromatic carbocycles. The fourth-order valence-electron chi connectivity index (χ4n) is 9.19. The van der Waals surface area contributed by atoms with Gasteiger partial charge in [0.15, 0.2) is 0 Å². The van der Waals surface area contributed by atoms with Crippen LogP contribution < -0.4 is 14.2 Å². The molecule has 4 nitrogen and oxygen atoms in total. The summed E-state index contributed by atoms with van der Waals surface area (Å²) in [5.41, 5.74) is 12.8. The number of hydrogen-bond donors (Lipinski definition) is 0. The van der Waals surface area contributed by atoms with Crippen molar-refractivity contribution in [1.29, 1.82) is 0 Å². The summed E-state index contributed by atoms with van der Waals surface area (Å²) in [5, 5.41) is 0. The number of benzene rings is 3. The van der Waals surface area contributed by atoms with E-state index in [1.807, 2.05) is 0 Å². The maximum absolute atomic E-state index is 5.67. The second-order valence-corrected chi connectivity index (χ2v) is 14.0. The number of carbonyl (C=O) groups excluding carboxylic acids is 1. The highest BCUT2D eigenvalue weighted by atomic mass is 16.5. The van der Waals surface area contributed by atoms with Crippen LogP contribution in [0.1, 0.15) is 80.4 Å². The Kier molecular flexibility index (Phi) is 9.81. The van der Waals surface area contributed by atoms with E-state index in [1.165, 1.54) is 39.0 Å². The van der Waals surface area contributed by atoms with Crippen LogP contribution in [0.3, 0.4) is 0 Å². The minimum Gasteiger partial charge on any atom is -0.497 e. The molecule has 256 valence electrons. The summed E-state index contributed by atoms with van der Waals surface area (Å²) in [6, 6.07) is 26.4. The molecule has 0 fully saturated rings. The fraction of sp³-hybridized carbons (Fsp3) is 0.326. The van der Waals surface area contributed by atoms with Crippen LogP contribution in [-0.2, 0) is 4.42 Å². The minimum absolute atomic E-state index is 0.0961. The first-order valence-electron chi connectivity index (χ1n) is 18.0. The molecule has 3 atom stereocenters. The van der Waals surface area contributed by atoms with E-state index in [-0.39, 0.29) is 17.3 Å². The van der Waals surface area contributed by atoms with E-state index < -0.39 is 0 Å². The van der Waals surface area contributed by atoms with Gasteiger partial charge in [-0.15, -0.1) is 0 Å². The minimum atomic E-state index is -0.0961. The number of allylic oxidation sites excluding steroid dienone is 11. The lowest BCUT2D eigenvalue weighted by Gasteiger charge is -2.56. The van der Waals surface area contributed by atoms with E-state index in [1.54, 1.807) is 39.6 Å². The average molecular weight is 666 g/mol. The molecule has 4 aliphatic rings. The van der Waals surface area contributed by atoms with Crippen molar-refractivity contribution < 1.29 is 18.6 Å². The van der Waals surface area contributed by atoms with Gasteiger partial charge in [-0.2, -0.15) is 0 Å². The van der Waals surface area contributed by atoms with Gasteiger partial charge in [-0.1, -0.05) is 59.7 Å². The van der Waals surface area contributed by atoms with Crippen molar-refractivity contribution in [1.82, 2.24) is 0 Å². The second kappa shape index (κ2) is 14.6. The van der Waals surface area contributed by atoms with E-state index in [9.17, 15) is 0 Å². The average Bonchev–Trinajstić information content (AvgIpc) is 3.17.